The predicted octanol–water partition coefficient (Wildman–Crippen LogP) is 0.519. The summed E-state index contributed by atoms with van der Waals surface area (Å²) >= 11 is 1.23. The molecule has 4 rings (SSSR count). The molecule has 7 heteroatoms. The minimum Gasteiger partial charge on any atom is -0.454 e. The van der Waals surface area contributed by atoms with Crippen LogP contribution in [-0.4, -0.2) is 23.3 Å². The zero-order valence-electron chi connectivity index (χ0n) is 11.7. The molecule has 0 radical (unpaired) electrons. The van der Waals surface area contributed by atoms with E-state index in [1.807, 2.05) is 19.1 Å². The van der Waals surface area contributed by atoms with Crippen LogP contribution >= 0.6 is 11.3 Å². The molecule has 0 amide bonds. The van der Waals surface area contributed by atoms with Gasteiger partial charge in [-0.3, -0.25) is 14.6 Å². The third-order valence-corrected chi connectivity index (χ3v) is 4.53. The van der Waals surface area contributed by atoms with Crippen LogP contribution in [0, 0.1) is 0 Å². The fraction of sp³-hybridized carbons (Fsp3) is 0.267. The highest BCUT2D eigenvalue weighted by molar-refractivity contribution is 7.07. The van der Waals surface area contributed by atoms with Crippen molar-refractivity contribution >= 4 is 23.3 Å². The van der Waals surface area contributed by atoms with E-state index in [2.05, 4.69) is 4.99 Å². The largest absolute Gasteiger partial charge is 0.454 e. The fourth-order valence-electron chi connectivity index (χ4n) is 2.51. The Morgan fingerprint density at radius 3 is 3.00 bits per heavy atom. The van der Waals surface area contributed by atoms with Gasteiger partial charge >= 0.3 is 0 Å². The molecule has 6 nitrogen and oxygen atoms in total. The predicted molar refractivity (Wildman–Crippen MR) is 80.2 cm³/mol. The molecule has 0 bridgehead atoms. The monoisotopic (exact) mass is 316 g/mol. The number of benzene rings is 1. The van der Waals surface area contributed by atoms with Gasteiger partial charge in [0.25, 0.3) is 5.56 Å². The Morgan fingerprint density at radius 2 is 2.14 bits per heavy atom. The molecule has 1 aromatic heterocycles. The summed E-state index contributed by atoms with van der Waals surface area (Å²) < 4.78 is 12.2. The molecule has 3 heterocycles. The highest BCUT2D eigenvalue weighted by atomic mass is 32.1. The summed E-state index contributed by atoms with van der Waals surface area (Å²) in [5.41, 5.74) is 0.513. The van der Waals surface area contributed by atoms with Crippen molar-refractivity contribution in [1.29, 1.82) is 0 Å². The Morgan fingerprint density at radius 1 is 1.32 bits per heavy atom. The van der Waals surface area contributed by atoms with Gasteiger partial charge in [0.15, 0.2) is 16.3 Å². The van der Waals surface area contributed by atoms with Crippen molar-refractivity contribution in [3.05, 3.63) is 43.5 Å². The lowest BCUT2D eigenvalue weighted by Gasteiger charge is -2.09. The zero-order valence-corrected chi connectivity index (χ0v) is 12.6. The van der Waals surface area contributed by atoms with Crippen LogP contribution < -0.4 is 24.4 Å². The van der Waals surface area contributed by atoms with E-state index in [1.165, 1.54) is 15.9 Å². The van der Waals surface area contributed by atoms with Gasteiger partial charge in [-0.2, -0.15) is 0 Å². The molecule has 1 aromatic carbocycles. The van der Waals surface area contributed by atoms with E-state index in [0.29, 0.717) is 20.8 Å². The first kappa shape index (κ1) is 13.3. The molecule has 2 aromatic rings. The van der Waals surface area contributed by atoms with Crippen LogP contribution in [0.3, 0.4) is 0 Å². The topological polar surface area (TPSA) is 69.9 Å². The highest BCUT2D eigenvalue weighted by Crippen LogP contribution is 2.32. The molecular weight excluding hydrogens is 304 g/mol. The number of rotatable bonds is 1. The molecule has 0 fully saturated rings. The molecule has 2 aliphatic rings. The molecule has 22 heavy (non-hydrogen) atoms. The van der Waals surface area contributed by atoms with Gasteiger partial charge in [-0.1, -0.05) is 17.4 Å². The van der Waals surface area contributed by atoms with Gasteiger partial charge in [-0.25, -0.2) is 4.57 Å². The number of carbonyl (C=O) groups excluding carboxylic acids is 1. The first-order chi connectivity index (χ1) is 10.6. The first-order valence-corrected chi connectivity index (χ1v) is 7.68. The molecule has 2 aliphatic heterocycles. The standard InChI is InChI=1S/C15H12N2O4S/c1-8-4-13(18)17-14(19)12(22-15(17)16-8)6-9-2-3-10-11(5-9)21-7-20-10/h2-3,5-6,8H,4,7H2,1H3/b12-6+/t8-/m1/s1. The van der Waals surface area contributed by atoms with Crippen LogP contribution in [0.25, 0.3) is 6.08 Å². The number of thiazole rings is 1. The molecule has 0 unspecified atom stereocenters. The van der Waals surface area contributed by atoms with E-state index in [-0.39, 0.29) is 30.7 Å². The zero-order chi connectivity index (χ0) is 15.3. The average Bonchev–Trinajstić information content (AvgIpc) is 3.04. The second kappa shape index (κ2) is 4.81. The van der Waals surface area contributed by atoms with E-state index in [9.17, 15) is 9.59 Å². The van der Waals surface area contributed by atoms with Crippen LogP contribution in [0.2, 0.25) is 0 Å². The summed E-state index contributed by atoms with van der Waals surface area (Å²) in [6.45, 7) is 2.08. The average molecular weight is 316 g/mol. The van der Waals surface area contributed by atoms with Gasteiger partial charge in [0.2, 0.25) is 12.7 Å². The third kappa shape index (κ3) is 2.05. The van der Waals surface area contributed by atoms with Crippen LogP contribution in [-0.2, 0) is 0 Å². The molecule has 0 aliphatic carbocycles. The Hall–Kier alpha value is -2.41. The van der Waals surface area contributed by atoms with Gasteiger partial charge in [-0.15, -0.1) is 0 Å². The maximum atomic E-state index is 12.4. The van der Waals surface area contributed by atoms with E-state index in [1.54, 1.807) is 12.1 Å². The maximum absolute atomic E-state index is 12.4. The first-order valence-electron chi connectivity index (χ1n) is 6.86. The van der Waals surface area contributed by atoms with Gasteiger partial charge in [-0.05, 0) is 30.7 Å². The number of aromatic nitrogens is 1. The van der Waals surface area contributed by atoms with Crippen molar-refractivity contribution in [3.63, 3.8) is 0 Å². The number of nitrogens with zero attached hydrogens (tertiary/aromatic N) is 2. The number of fused-ring (bicyclic) bond motifs is 2. The Labute approximate surface area is 128 Å². The van der Waals surface area contributed by atoms with Crippen molar-refractivity contribution in [2.45, 2.75) is 19.4 Å². The summed E-state index contributed by atoms with van der Waals surface area (Å²) in [5, 5.41) is 0. The van der Waals surface area contributed by atoms with Crippen molar-refractivity contribution in [2.75, 3.05) is 6.79 Å². The molecule has 0 spiro atoms. The van der Waals surface area contributed by atoms with E-state index in [4.69, 9.17) is 9.47 Å². The number of ether oxygens (including phenoxy) is 2. The SMILES string of the molecule is C[C@@H]1CC(=O)n2c(s/c(=C/c3ccc4c(c3)OCO4)c2=O)=N1. The molecule has 0 N–H and O–H groups in total. The number of carbonyl (C=O) groups is 1. The lowest BCUT2D eigenvalue weighted by atomic mass is 10.2. The van der Waals surface area contributed by atoms with Crippen LogP contribution in [0.1, 0.15) is 23.7 Å². The van der Waals surface area contributed by atoms with E-state index in [0.717, 1.165) is 5.56 Å². The normalized spacial score (nSPS) is 20.0. The minimum absolute atomic E-state index is 0.0797. The minimum atomic E-state index is -0.307. The Bertz CT molecular complexity index is 957. The summed E-state index contributed by atoms with van der Waals surface area (Å²) in [4.78, 5) is 29.2. The van der Waals surface area contributed by atoms with E-state index < -0.39 is 0 Å². The Balaban J connectivity index is 1.88. The lowest BCUT2D eigenvalue weighted by Crippen LogP contribution is -2.40. The molecule has 0 saturated carbocycles. The van der Waals surface area contributed by atoms with Gasteiger partial charge in [0.1, 0.15) is 0 Å². The highest BCUT2D eigenvalue weighted by Gasteiger charge is 2.21. The number of hydrogen-bond donors (Lipinski definition) is 0. The second-order valence-corrected chi connectivity index (χ2v) is 6.23. The molecule has 0 saturated heterocycles. The third-order valence-electron chi connectivity index (χ3n) is 3.55. The Kier molecular flexibility index (Phi) is 2.90. The molecular formula is C15H12N2O4S. The summed E-state index contributed by atoms with van der Waals surface area (Å²) in [6, 6.07) is 5.38. The quantitative estimate of drug-likeness (QED) is 0.769. The van der Waals surface area contributed by atoms with Gasteiger partial charge in [0, 0.05) is 6.42 Å². The van der Waals surface area contributed by atoms with Crippen molar-refractivity contribution < 1.29 is 14.3 Å². The summed E-state index contributed by atoms with van der Waals surface area (Å²) in [6.07, 6.45) is 2.01. The van der Waals surface area contributed by atoms with Crippen LogP contribution in [0.5, 0.6) is 11.5 Å². The summed E-state index contributed by atoms with van der Waals surface area (Å²) in [7, 11) is 0. The van der Waals surface area contributed by atoms with Crippen LogP contribution in [0.4, 0.5) is 0 Å². The van der Waals surface area contributed by atoms with Crippen molar-refractivity contribution in [3.8, 4) is 11.5 Å². The smallest absolute Gasteiger partial charge is 0.277 e. The van der Waals surface area contributed by atoms with Crippen molar-refractivity contribution in [1.82, 2.24) is 4.57 Å². The second-order valence-electron chi connectivity index (χ2n) is 5.22. The van der Waals surface area contributed by atoms with Crippen LogP contribution in [0.15, 0.2) is 28.0 Å². The number of hydrogen-bond acceptors (Lipinski definition) is 6. The molecule has 112 valence electrons. The maximum Gasteiger partial charge on any atom is 0.277 e. The van der Waals surface area contributed by atoms with Gasteiger partial charge < -0.3 is 9.47 Å². The fourth-order valence-corrected chi connectivity index (χ4v) is 3.59. The lowest BCUT2D eigenvalue weighted by molar-refractivity contribution is 0.0877. The van der Waals surface area contributed by atoms with Crippen molar-refractivity contribution in [2.24, 2.45) is 4.99 Å². The summed E-state index contributed by atoms with van der Waals surface area (Å²) in [5.74, 6) is 1.16. The van der Waals surface area contributed by atoms with E-state index >= 15 is 0 Å². The molecule has 1 atom stereocenters. The van der Waals surface area contributed by atoms with Gasteiger partial charge in [0.05, 0.1) is 10.6 Å².